The number of fused-ring (bicyclic) bond motifs is 2. The zero-order valence-electron chi connectivity index (χ0n) is 15.7. The highest BCUT2D eigenvalue weighted by Crippen LogP contribution is 2.40. The second-order valence-electron chi connectivity index (χ2n) is 7.41. The van der Waals surface area contributed by atoms with Crippen LogP contribution < -0.4 is 10.2 Å². The molecule has 1 saturated heterocycles. The summed E-state index contributed by atoms with van der Waals surface area (Å²) in [6.07, 6.45) is 3.56. The molecule has 0 radical (unpaired) electrons. The van der Waals surface area contributed by atoms with E-state index in [1.54, 1.807) is 6.33 Å². The number of anilines is 2. The van der Waals surface area contributed by atoms with Crippen molar-refractivity contribution in [2.75, 3.05) is 18.1 Å². The number of hydrogen-bond acceptors (Lipinski definition) is 8. The molecule has 8 heteroatoms. The van der Waals surface area contributed by atoms with Crippen LogP contribution in [0, 0.1) is 0 Å². The fourth-order valence-electron chi connectivity index (χ4n) is 4.10. The number of nitrogens with one attached hydrogen (secondary N) is 1. The highest BCUT2D eigenvalue weighted by molar-refractivity contribution is 7.18. The van der Waals surface area contributed by atoms with Gasteiger partial charge in [-0.2, -0.15) is 0 Å². The monoisotopic (exact) mass is 397 g/mol. The molecule has 0 saturated carbocycles. The summed E-state index contributed by atoms with van der Waals surface area (Å²) in [6, 6.07) is 8.96. The molecule has 7 nitrogen and oxygen atoms in total. The number of hydrogen-bond donors (Lipinski definition) is 2. The van der Waals surface area contributed by atoms with Gasteiger partial charge in [-0.15, -0.1) is 0 Å². The standard InChI is InChI=1S/C20H23N5O2S/c1-12-10-13-4-2-3-5-15(13)25(12)17-16-19(22-11-21-17)28-20(24-16)18(26)23-14-6-8-27-9-7-14/h2-5,11-12,14,18,23,26H,6-10H2,1H3. The molecule has 4 heterocycles. The number of nitrogens with zero attached hydrogens (tertiary/aromatic N) is 4. The number of ether oxygens (including phenoxy) is 1. The van der Waals surface area contributed by atoms with Crippen molar-refractivity contribution < 1.29 is 9.84 Å². The summed E-state index contributed by atoms with van der Waals surface area (Å²) >= 11 is 1.42. The minimum atomic E-state index is -0.807. The van der Waals surface area contributed by atoms with Gasteiger partial charge in [0.05, 0.1) is 0 Å². The summed E-state index contributed by atoms with van der Waals surface area (Å²) in [4.78, 5) is 16.7. The van der Waals surface area contributed by atoms with Gasteiger partial charge in [0.25, 0.3) is 0 Å². The van der Waals surface area contributed by atoms with E-state index in [2.05, 4.69) is 51.4 Å². The molecule has 2 aliphatic rings. The van der Waals surface area contributed by atoms with Crippen molar-refractivity contribution in [2.24, 2.45) is 0 Å². The van der Waals surface area contributed by atoms with E-state index in [-0.39, 0.29) is 6.04 Å². The topological polar surface area (TPSA) is 83.4 Å². The quantitative estimate of drug-likeness (QED) is 0.655. The summed E-state index contributed by atoms with van der Waals surface area (Å²) in [6.45, 7) is 3.65. The van der Waals surface area contributed by atoms with Gasteiger partial charge in [0.15, 0.2) is 12.0 Å². The number of aliphatic hydroxyl groups is 1. The number of aliphatic hydroxyl groups excluding tert-OH is 1. The van der Waals surface area contributed by atoms with E-state index in [1.165, 1.54) is 22.6 Å². The molecule has 5 rings (SSSR count). The smallest absolute Gasteiger partial charge is 0.164 e. The molecule has 0 bridgehead atoms. The van der Waals surface area contributed by atoms with Crippen LogP contribution in [0.4, 0.5) is 11.5 Å². The van der Waals surface area contributed by atoms with Gasteiger partial charge in [-0.1, -0.05) is 29.5 Å². The first-order valence-corrected chi connectivity index (χ1v) is 10.5. The number of rotatable bonds is 4. The van der Waals surface area contributed by atoms with Gasteiger partial charge in [0.2, 0.25) is 0 Å². The average molecular weight is 398 g/mol. The van der Waals surface area contributed by atoms with E-state index >= 15 is 0 Å². The molecule has 2 aromatic heterocycles. The number of benzene rings is 1. The van der Waals surface area contributed by atoms with Crippen LogP contribution in [0.5, 0.6) is 0 Å². The van der Waals surface area contributed by atoms with E-state index in [1.807, 2.05) is 0 Å². The van der Waals surface area contributed by atoms with E-state index in [9.17, 15) is 5.11 Å². The van der Waals surface area contributed by atoms with Crippen molar-refractivity contribution in [1.29, 1.82) is 0 Å². The first-order valence-electron chi connectivity index (χ1n) is 9.71. The molecule has 2 unspecified atom stereocenters. The summed E-state index contributed by atoms with van der Waals surface area (Å²) in [5.74, 6) is 0.809. The lowest BCUT2D eigenvalue weighted by Gasteiger charge is -2.25. The van der Waals surface area contributed by atoms with E-state index in [0.29, 0.717) is 11.0 Å². The molecular weight excluding hydrogens is 374 g/mol. The molecule has 2 N–H and O–H groups in total. The van der Waals surface area contributed by atoms with Gasteiger partial charge in [0.1, 0.15) is 21.7 Å². The van der Waals surface area contributed by atoms with Crippen LogP contribution in [-0.2, 0) is 11.2 Å². The fraction of sp³-hybridized carbons (Fsp3) is 0.450. The Morgan fingerprint density at radius 3 is 2.93 bits per heavy atom. The Balaban J connectivity index is 1.48. The Kier molecular flexibility index (Phi) is 4.72. The Morgan fingerprint density at radius 1 is 1.25 bits per heavy atom. The Labute approximate surface area is 167 Å². The van der Waals surface area contributed by atoms with Crippen LogP contribution in [0.25, 0.3) is 10.3 Å². The highest BCUT2D eigenvalue weighted by Gasteiger charge is 2.30. The van der Waals surface area contributed by atoms with Crippen molar-refractivity contribution in [2.45, 2.75) is 44.5 Å². The lowest BCUT2D eigenvalue weighted by Crippen LogP contribution is -2.37. The average Bonchev–Trinajstić information content (AvgIpc) is 3.29. The zero-order chi connectivity index (χ0) is 19.1. The summed E-state index contributed by atoms with van der Waals surface area (Å²) < 4.78 is 5.39. The van der Waals surface area contributed by atoms with Gasteiger partial charge >= 0.3 is 0 Å². The van der Waals surface area contributed by atoms with Gasteiger partial charge in [-0.05, 0) is 37.8 Å². The van der Waals surface area contributed by atoms with Crippen LogP contribution in [-0.4, -0.2) is 45.4 Å². The molecule has 1 aromatic carbocycles. The summed E-state index contributed by atoms with van der Waals surface area (Å²) in [5, 5.41) is 14.6. The molecule has 0 aliphatic carbocycles. The van der Waals surface area contributed by atoms with Crippen molar-refractivity contribution in [3.05, 3.63) is 41.2 Å². The van der Waals surface area contributed by atoms with Crippen LogP contribution in [0.1, 0.15) is 36.6 Å². The van der Waals surface area contributed by atoms with Crippen LogP contribution in [0.15, 0.2) is 30.6 Å². The van der Waals surface area contributed by atoms with Crippen molar-refractivity contribution in [1.82, 2.24) is 20.3 Å². The van der Waals surface area contributed by atoms with Gasteiger partial charge in [-0.3, -0.25) is 5.32 Å². The van der Waals surface area contributed by atoms with Crippen LogP contribution in [0.2, 0.25) is 0 Å². The maximum Gasteiger partial charge on any atom is 0.164 e. The largest absolute Gasteiger partial charge is 0.381 e. The Morgan fingerprint density at radius 2 is 2.07 bits per heavy atom. The lowest BCUT2D eigenvalue weighted by atomic mass is 10.1. The zero-order valence-corrected chi connectivity index (χ0v) is 16.5. The molecular formula is C20H23N5O2S. The third kappa shape index (κ3) is 3.16. The van der Waals surface area contributed by atoms with Crippen LogP contribution in [0.3, 0.4) is 0 Å². The molecule has 0 spiro atoms. The fourth-order valence-corrected chi connectivity index (χ4v) is 4.95. The second kappa shape index (κ2) is 7.36. The Hall–Kier alpha value is -2.13. The number of para-hydroxylation sites is 1. The molecule has 2 aliphatic heterocycles. The molecule has 3 aromatic rings. The molecule has 146 valence electrons. The maximum atomic E-state index is 10.7. The van der Waals surface area contributed by atoms with Gasteiger partial charge < -0.3 is 14.7 Å². The second-order valence-corrected chi connectivity index (χ2v) is 8.42. The van der Waals surface area contributed by atoms with Crippen molar-refractivity contribution >= 4 is 33.2 Å². The Bertz CT molecular complexity index is 988. The summed E-state index contributed by atoms with van der Waals surface area (Å²) in [5.41, 5.74) is 3.24. The first-order chi connectivity index (χ1) is 13.7. The lowest BCUT2D eigenvalue weighted by molar-refractivity contribution is 0.0491. The number of aromatic nitrogens is 3. The van der Waals surface area contributed by atoms with Crippen molar-refractivity contribution in [3.8, 4) is 0 Å². The predicted octanol–water partition coefficient (Wildman–Crippen LogP) is 2.93. The molecule has 0 amide bonds. The van der Waals surface area contributed by atoms with Gasteiger partial charge in [-0.25, -0.2) is 15.0 Å². The predicted molar refractivity (Wildman–Crippen MR) is 109 cm³/mol. The normalized spacial score (nSPS) is 21.2. The van der Waals surface area contributed by atoms with E-state index in [4.69, 9.17) is 9.72 Å². The highest BCUT2D eigenvalue weighted by atomic mass is 32.1. The molecule has 2 atom stereocenters. The maximum absolute atomic E-state index is 10.7. The first kappa shape index (κ1) is 17.9. The van der Waals surface area contributed by atoms with E-state index < -0.39 is 6.23 Å². The van der Waals surface area contributed by atoms with Gasteiger partial charge in [0, 0.05) is 31.0 Å². The number of thiazole rings is 1. The van der Waals surface area contributed by atoms with Crippen LogP contribution >= 0.6 is 11.3 Å². The molecule has 28 heavy (non-hydrogen) atoms. The summed E-state index contributed by atoms with van der Waals surface area (Å²) in [7, 11) is 0. The minimum Gasteiger partial charge on any atom is -0.381 e. The third-order valence-electron chi connectivity index (χ3n) is 5.48. The molecule has 1 fully saturated rings. The van der Waals surface area contributed by atoms with E-state index in [0.717, 1.165) is 48.6 Å². The minimum absolute atomic E-state index is 0.242. The third-order valence-corrected chi connectivity index (χ3v) is 6.49. The van der Waals surface area contributed by atoms with Crippen molar-refractivity contribution in [3.63, 3.8) is 0 Å². The SMILES string of the molecule is CC1Cc2ccccc2N1c1ncnc2sc(C(O)NC3CCOCC3)nc12.